The summed E-state index contributed by atoms with van der Waals surface area (Å²) in [6.45, 7) is 2.16. The molecule has 1 atom stereocenters. The lowest BCUT2D eigenvalue weighted by Gasteiger charge is -2.10. The number of carbonyl (C=O) groups is 1. The summed E-state index contributed by atoms with van der Waals surface area (Å²) in [7, 11) is 0. The lowest BCUT2D eigenvalue weighted by Crippen LogP contribution is -2.34. The Bertz CT molecular complexity index is 116. The Labute approximate surface area is 66.3 Å². The van der Waals surface area contributed by atoms with Crippen LogP contribution in [0.5, 0.6) is 0 Å². The zero-order chi connectivity index (χ0) is 8.69. The van der Waals surface area contributed by atoms with Crippen LogP contribution in [-0.4, -0.2) is 30.3 Å². The van der Waals surface area contributed by atoms with Crippen molar-refractivity contribution in [2.45, 2.75) is 25.9 Å². The van der Waals surface area contributed by atoms with Crippen molar-refractivity contribution in [3.63, 3.8) is 0 Å². The molecule has 0 bridgehead atoms. The number of aliphatic hydroxyl groups is 1. The van der Waals surface area contributed by atoms with Crippen LogP contribution in [0, 0.1) is 0 Å². The Hall–Kier alpha value is -0.610. The Kier molecular flexibility index (Phi) is 5.78. The maximum absolute atomic E-state index is 10.5. The maximum atomic E-state index is 10.5. The van der Waals surface area contributed by atoms with Crippen LogP contribution in [0.1, 0.15) is 19.8 Å². The van der Waals surface area contributed by atoms with E-state index in [0.717, 1.165) is 12.8 Å². The molecule has 1 unspecified atom stereocenters. The number of aliphatic hydroxyl groups excluding tert-OH is 1. The standard InChI is InChI=1S/C7H15NO3/c1-2-3-4-11-6(5-9)7(8)10/h6,9H,2-5H2,1H3,(H2,8,10). The number of ether oxygens (including phenoxy) is 1. The Balaban J connectivity index is 3.44. The Morgan fingerprint density at radius 1 is 1.73 bits per heavy atom. The summed E-state index contributed by atoms with van der Waals surface area (Å²) in [6, 6.07) is 0. The molecule has 0 aromatic carbocycles. The highest BCUT2D eigenvalue weighted by Crippen LogP contribution is 1.93. The number of amides is 1. The molecule has 0 aliphatic heterocycles. The van der Waals surface area contributed by atoms with E-state index in [1.54, 1.807) is 0 Å². The van der Waals surface area contributed by atoms with Gasteiger partial charge < -0.3 is 15.6 Å². The van der Waals surface area contributed by atoms with Gasteiger partial charge >= 0.3 is 0 Å². The Morgan fingerprint density at radius 3 is 2.73 bits per heavy atom. The summed E-state index contributed by atoms with van der Waals surface area (Å²) in [6.07, 6.45) is 1.04. The number of nitrogens with two attached hydrogens (primary N) is 1. The molecule has 4 heteroatoms. The summed E-state index contributed by atoms with van der Waals surface area (Å²) in [5, 5.41) is 8.57. The van der Waals surface area contributed by atoms with Crippen molar-refractivity contribution >= 4 is 5.91 Å². The van der Waals surface area contributed by atoms with E-state index in [-0.39, 0.29) is 6.61 Å². The summed E-state index contributed by atoms with van der Waals surface area (Å²) >= 11 is 0. The fraction of sp³-hybridized carbons (Fsp3) is 0.857. The smallest absolute Gasteiger partial charge is 0.248 e. The van der Waals surface area contributed by atoms with Crippen molar-refractivity contribution < 1.29 is 14.6 Å². The van der Waals surface area contributed by atoms with Gasteiger partial charge in [-0.15, -0.1) is 0 Å². The summed E-state index contributed by atoms with van der Waals surface area (Å²) in [4.78, 5) is 10.5. The number of hydrogen-bond acceptors (Lipinski definition) is 3. The highest BCUT2D eigenvalue weighted by atomic mass is 16.5. The van der Waals surface area contributed by atoms with Crippen molar-refractivity contribution in [1.82, 2.24) is 0 Å². The second-order valence-electron chi connectivity index (χ2n) is 2.30. The first-order chi connectivity index (χ1) is 5.22. The minimum atomic E-state index is -0.832. The molecule has 0 fully saturated rings. The highest BCUT2D eigenvalue weighted by Gasteiger charge is 2.12. The molecule has 11 heavy (non-hydrogen) atoms. The lowest BCUT2D eigenvalue weighted by molar-refractivity contribution is -0.132. The average Bonchev–Trinajstić information content (AvgIpc) is 1.97. The first-order valence-electron chi connectivity index (χ1n) is 3.74. The van der Waals surface area contributed by atoms with Gasteiger partial charge in [-0.05, 0) is 6.42 Å². The van der Waals surface area contributed by atoms with E-state index in [2.05, 4.69) is 0 Å². The average molecular weight is 161 g/mol. The van der Waals surface area contributed by atoms with Crippen molar-refractivity contribution in [2.75, 3.05) is 13.2 Å². The minimum Gasteiger partial charge on any atom is -0.393 e. The third-order valence-corrected chi connectivity index (χ3v) is 1.30. The molecule has 0 rings (SSSR count). The van der Waals surface area contributed by atoms with Gasteiger partial charge in [0.15, 0.2) is 6.10 Å². The number of primary amides is 1. The van der Waals surface area contributed by atoms with Crippen molar-refractivity contribution in [2.24, 2.45) is 5.73 Å². The normalized spacial score (nSPS) is 12.9. The second-order valence-corrected chi connectivity index (χ2v) is 2.30. The molecule has 0 aliphatic rings. The monoisotopic (exact) mass is 161 g/mol. The third-order valence-electron chi connectivity index (χ3n) is 1.30. The quantitative estimate of drug-likeness (QED) is 0.523. The van der Waals surface area contributed by atoms with Crippen molar-refractivity contribution in [3.8, 4) is 0 Å². The van der Waals surface area contributed by atoms with Crippen LogP contribution in [-0.2, 0) is 9.53 Å². The van der Waals surface area contributed by atoms with Gasteiger partial charge in [-0.1, -0.05) is 13.3 Å². The molecule has 0 aliphatic carbocycles. The molecule has 4 nitrogen and oxygen atoms in total. The van der Waals surface area contributed by atoms with Gasteiger partial charge in [0.05, 0.1) is 6.61 Å². The largest absolute Gasteiger partial charge is 0.393 e. The zero-order valence-corrected chi connectivity index (χ0v) is 6.75. The van der Waals surface area contributed by atoms with Crippen LogP contribution < -0.4 is 5.73 Å². The van der Waals surface area contributed by atoms with Gasteiger partial charge in [-0.3, -0.25) is 4.79 Å². The molecule has 66 valence electrons. The molecule has 0 saturated heterocycles. The van der Waals surface area contributed by atoms with Crippen LogP contribution >= 0.6 is 0 Å². The van der Waals surface area contributed by atoms with Gasteiger partial charge in [-0.2, -0.15) is 0 Å². The van der Waals surface area contributed by atoms with Gasteiger partial charge in [0.1, 0.15) is 0 Å². The first kappa shape index (κ1) is 10.4. The first-order valence-corrected chi connectivity index (χ1v) is 3.74. The van der Waals surface area contributed by atoms with E-state index < -0.39 is 12.0 Å². The minimum absolute atomic E-state index is 0.334. The summed E-state index contributed by atoms with van der Waals surface area (Å²) in [5.41, 5.74) is 4.91. The van der Waals surface area contributed by atoms with E-state index >= 15 is 0 Å². The molecule has 0 aromatic heterocycles. The number of rotatable bonds is 6. The topological polar surface area (TPSA) is 72.6 Å². The van der Waals surface area contributed by atoms with Gasteiger partial charge in [0.25, 0.3) is 0 Å². The van der Waals surface area contributed by atoms with E-state index in [9.17, 15) is 4.79 Å². The fourth-order valence-electron chi connectivity index (χ4n) is 0.595. The van der Waals surface area contributed by atoms with Crippen molar-refractivity contribution in [1.29, 1.82) is 0 Å². The van der Waals surface area contributed by atoms with E-state index in [0.29, 0.717) is 6.61 Å². The maximum Gasteiger partial charge on any atom is 0.248 e. The zero-order valence-electron chi connectivity index (χ0n) is 6.75. The lowest BCUT2D eigenvalue weighted by atomic mass is 10.3. The van der Waals surface area contributed by atoms with Gasteiger partial charge in [0.2, 0.25) is 5.91 Å². The van der Waals surface area contributed by atoms with Gasteiger partial charge in [-0.25, -0.2) is 0 Å². The fourth-order valence-corrected chi connectivity index (χ4v) is 0.595. The molecule has 0 saturated carbocycles. The predicted molar refractivity (Wildman–Crippen MR) is 40.9 cm³/mol. The van der Waals surface area contributed by atoms with Crippen LogP contribution in [0.15, 0.2) is 0 Å². The number of carbonyl (C=O) groups excluding carboxylic acids is 1. The number of hydrogen-bond donors (Lipinski definition) is 2. The SMILES string of the molecule is CCCCOC(CO)C(N)=O. The highest BCUT2D eigenvalue weighted by molar-refractivity contribution is 5.78. The van der Waals surface area contributed by atoms with E-state index in [4.69, 9.17) is 15.6 Å². The van der Waals surface area contributed by atoms with Gasteiger partial charge in [0, 0.05) is 6.61 Å². The second kappa shape index (κ2) is 6.12. The predicted octanol–water partition coefficient (Wildman–Crippen LogP) is -0.351. The summed E-state index contributed by atoms with van der Waals surface area (Å²) < 4.78 is 4.97. The molecular formula is C7H15NO3. The van der Waals surface area contributed by atoms with Crippen LogP contribution in [0.3, 0.4) is 0 Å². The van der Waals surface area contributed by atoms with E-state index in [1.807, 2.05) is 6.92 Å². The Morgan fingerprint density at radius 2 is 2.36 bits per heavy atom. The molecular weight excluding hydrogens is 146 g/mol. The number of unbranched alkanes of at least 4 members (excludes halogenated alkanes) is 1. The van der Waals surface area contributed by atoms with Crippen LogP contribution in [0.2, 0.25) is 0 Å². The molecule has 0 heterocycles. The molecule has 0 radical (unpaired) electrons. The molecule has 3 N–H and O–H groups in total. The van der Waals surface area contributed by atoms with Crippen molar-refractivity contribution in [3.05, 3.63) is 0 Å². The van der Waals surface area contributed by atoms with E-state index in [1.165, 1.54) is 0 Å². The third kappa shape index (κ3) is 4.75. The molecule has 1 amide bonds. The van der Waals surface area contributed by atoms with Crippen LogP contribution in [0.25, 0.3) is 0 Å². The summed E-state index contributed by atoms with van der Waals surface area (Å²) in [5.74, 6) is -0.608. The molecule has 0 spiro atoms. The molecule has 0 aromatic rings. The van der Waals surface area contributed by atoms with Crippen LogP contribution in [0.4, 0.5) is 0 Å².